The zero-order valence-electron chi connectivity index (χ0n) is 7.07. The summed E-state index contributed by atoms with van der Waals surface area (Å²) >= 11 is 0. The summed E-state index contributed by atoms with van der Waals surface area (Å²) in [5, 5.41) is 3.43. The van der Waals surface area contributed by atoms with E-state index < -0.39 is 0 Å². The SMILES string of the molecule is CCNC(CC)C(C)C. The smallest absolute Gasteiger partial charge is 0.00873 e. The lowest BCUT2D eigenvalue weighted by atomic mass is 10.0. The Morgan fingerprint density at radius 3 is 1.89 bits per heavy atom. The second kappa shape index (κ2) is 4.80. The average molecular weight is 129 g/mol. The maximum absolute atomic E-state index is 3.43. The van der Waals surface area contributed by atoms with E-state index in [4.69, 9.17) is 0 Å². The molecule has 0 heterocycles. The molecule has 0 amide bonds. The molecule has 0 spiro atoms. The van der Waals surface area contributed by atoms with E-state index in [1.54, 1.807) is 0 Å². The van der Waals surface area contributed by atoms with Gasteiger partial charge in [0.25, 0.3) is 0 Å². The molecule has 1 atom stereocenters. The molecule has 0 saturated heterocycles. The molecule has 0 saturated carbocycles. The van der Waals surface area contributed by atoms with Crippen LogP contribution in [0.4, 0.5) is 0 Å². The molecule has 0 aromatic carbocycles. The summed E-state index contributed by atoms with van der Waals surface area (Å²) in [6, 6.07) is 0.718. The van der Waals surface area contributed by atoms with Crippen LogP contribution in [0, 0.1) is 5.92 Å². The summed E-state index contributed by atoms with van der Waals surface area (Å²) in [6.45, 7) is 10.0. The van der Waals surface area contributed by atoms with Crippen LogP contribution in [0.2, 0.25) is 0 Å². The van der Waals surface area contributed by atoms with Gasteiger partial charge < -0.3 is 5.32 Å². The molecule has 0 aromatic rings. The quantitative estimate of drug-likeness (QED) is 0.612. The lowest BCUT2D eigenvalue weighted by Crippen LogP contribution is -2.32. The maximum Gasteiger partial charge on any atom is 0.00873 e. The second-order valence-electron chi connectivity index (χ2n) is 2.82. The molecular formula is C8H19N. The van der Waals surface area contributed by atoms with Crippen LogP contribution in [0.25, 0.3) is 0 Å². The van der Waals surface area contributed by atoms with E-state index in [2.05, 4.69) is 33.0 Å². The van der Waals surface area contributed by atoms with Crippen LogP contribution in [0.5, 0.6) is 0 Å². The van der Waals surface area contributed by atoms with Crippen molar-refractivity contribution >= 4 is 0 Å². The number of nitrogens with one attached hydrogen (secondary N) is 1. The van der Waals surface area contributed by atoms with E-state index in [1.165, 1.54) is 6.42 Å². The molecule has 1 N–H and O–H groups in total. The Bertz CT molecular complexity index is 59.6. The highest BCUT2D eigenvalue weighted by molar-refractivity contribution is 4.66. The van der Waals surface area contributed by atoms with Gasteiger partial charge in [-0.15, -0.1) is 0 Å². The molecule has 0 aliphatic heterocycles. The monoisotopic (exact) mass is 129 g/mol. The number of hydrogen-bond donors (Lipinski definition) is 1. The van der Waals surface area contributed by atoms with Crippen molar-refractivity contribution in [3.8, 4) is 0 Å². The minimum Gasteiger partial charge on any atom is -0.314 e. The minimum absolute atomic E-state index is 0.718. The van der Waals surface area contributed by atoms with Gasteiger partial charge in [-0.05, 0) is 18.9 Å². The zero-order valence-corrected chi connectivity index (χ0v) is 7.07. The molecule has 0 fully saturated rings. The Morgan fingerprint density at radius 1 is 1.22 bits per heavy atom. The van der Waals surface area contributed by atoms with Gasteiger partial charge >= 0.3 is 0 Å². The van der Waals surface area contributed by atoms with E-state index in [0.717, 1.165) is 18.5 Å². The standard InChI is InChI=1S/C8H19N/c1-5-8(7(3)4)9-6-2/h7-9H,5-6H2,1-4H3. The second-order valence-corrected chi connectivity index (χ2v) is 2.82. The lowest BCUT2D eigenvalue weighted by Gasteiger charge is -2.19. The van der Waals surface area contributed by atoms with Crippen molar-refractivity contribution in [1.29, 1.82) is 0 Å². The Balaban J connectivity index is 3.41. The molecule has 9 heavy (non-hydrogen) atoms. The first kappa shape index (κ1) is 8.96. The summed E-state index contributed by atoms with van der Waals surface area (Å²) in [7, 11) is 0. The van der Waals surface area contributed by atoms with Crippen molar-refractivity contribution in [2.45, 2.75) is 40.2 Å². The van der Waals surface area contributed by atoms with Crippen LogP contribution >= 0.6 is 0 Å². The van der Waals surface area contributed by atoms with Crippen LogP contribution in [0.15, 0.2) is 0 Å². The highest BCUT2D eigenvalue weighted by atomic mass is 14.9. The molecule has 0 aliphatic rings. The largest absolute Gasteiger partial charge is 0.314 e. The average Bonchev–Trinajstić information content (AvgIpc) is 1.82. The van der Waals surface area contributed by atoms with Crippen LogP contribution in [0.1, 0.15) is 34.1 Å². The predicted molar refractivity (Wildman–Crippen MR) is 42.6 cm³/mol. The summed E-state index contributed by atoms with van der Waals surface area (Å²) in [4.78, 5) is 0. The van der Waals surface area contributed by atoms with Crippen LogP contribution < -0.4 is 5.32 Å². The van der Waals surface area contributed by atoms with Gasteiger partial charge in [-0.25, -0.2) is 0 Å². The van der Waals surface area contributed by atoms with Gasteiger partial charge in [0.1, 0.15) is 0 Å². The van der Waals surface area contributed by atoms with Crippen molar-refractivity contribution in [2.75, 3.05) is 6.54 Å². The highest BCUT2D eigenvalue weighted by Gasteiger charge is 2.07. The number of rotatable bonds is 4. The predicted octanol–water partition coefficient (Wildman–Crippen LogP) is 2.03. The molecule has 1 heteroatoms. The molecule has 0 bridgehead atoms. The molecule has 0 aromatic heterocycles. The third-order valence-corrected chi connectivity index (χ3v) is 1.71. The van der Waals surface area contributed by atoms with E-state index >= 15 is 0 Å². The van der Waals surface area contributed by atoms with Crippen molar-refractivity contribution in [1.82, 2.24) is 5.32 Å². The van der Waals surface area contributed by atoms with Crippen LogP contribution in [-0.2, 0) is 0 Å². The topological polar surface area (TPSA) is 12.0 Å². The van der Waals surface area contributed by atoms with E-state index in [9.17, 15) is 0 Å². The first-order valence-electron chi connectivity index (χ1n) is 3.95. The first-order chi connectivity index (χ1) is 4.22. The van der Waals surface area contributed by atoms with E-state index in [1.807, 2.05) is 0 Å². The van der Waals surface area contributed by atoms with Gasteiger partial charge in [-0.3, -0.25) is 0 Å². The van der Waals surface area contributed by atoms with E-state index in [0.29, 0.717) is 0 Å². The van der Waals surface area contributed by atoms with Crippen molar-refractivity contribution in [2.24, 2.45) is 5.92 Å². The fourth-order valence-electron chi connectivity index (χ4n) is 1.11. The van der Waals surface area contributed by atoms with Crippen LogP contribution in [-0.4, -0.2) is 12.6 Å². The van der Waals surface area contributed by atoms with E-state index in [-0.39, 0.29) is 0 Å². The summed E-state index contributed by atoms with van der Waals surface area (Å²) < 4.78 is 0. The Kier molecular flexibility index (Phi) is 4.78. The molecule has 56 valence electrons. The first-order valence-corrected chi connectivity index (χ1v) is 3.95. The summed E-state index contributed by atoms with van der Waals surface area (Å²) in [6.07, 6.45) is 1.24. The molecule has 0 rings (SSSR count). The minimum atomic E-state index is 0.718. The van der Waals surface area contributed by atoms with Crippen molar-refractivity contribution in [3.05, 3.63) is 0 Å². The summed E-state index contributed by atoms with van der Waals surface area (Å²) in [5.74, 6) is 0.773. The van der Waals surface area contributed by atoms with Crippen molar-refractivity contribution in [3.63, 3.8) is 0 Å². The molecular weight excluding hydrogens is 110 g/mol. The van der Waals surface area contributed by atoms with Gasteiger partial charge in [0.15, 0.2) is 0 Å². The lowest BCUT2D eigenvalue weighted by molar-refractivity contribution is 0.397. The fourth-order valence-corrected chi connectivity index (χ4v) is 1.11. The third-order valence-electron chi connectivity index (χ3n) is 1.71. The van der Waals surface area contributed by atoms with Gasteiger partial charge in [0.2, 0.25) is 0 Å². The fraction of sp³-hybridized carbons (Fsp3) is 1.00. The zero-order chi connectivity index (χ0) is 7.28. The summed E-state index contributed by atoms with van der Waals surface area (Å²) in [5.41, 5.74) is 0. The van der Waals surface area contributed by atoms with Gasteiger partial charge in [0, 0.05) is 6.04 Å². The highest BCUT2D eigenvalue weighted by Crippen LogP contribution is 2.03. The third kappa shape index (κ3) is 3.52. The van der Waals surface area contributed by atoms with Gasteiger partial charge in [-0.1, -0.05) is 27.7 Å². The molecule has 1 nitrogen and oxygen atoms in total. The van der Waals surface area contributed by atoms with Gasteiger partial charge in [-0.2, -0.15) is 0 Å². The molecule has 0 aliphatic carbocycles. The Hall–Kier alpha value is -0.0400. The normalized spacial score (nSPS) is 14.3. The maximum atomic E-state index is 3.43. The Morgan fingerprint density at radius 2 is 1.78 bits per heavy atom. The van der Waals surface area contributed by atoms with Crippen molar-refractivity contribution < 1.29 is 0 Å². The molecule has 1 unspecified atom stereocenters. The van der Waals surface area contributed by atoms with Crippen LogP contribution in [0.3, 0.4) is 0 Å². The van der Waals surface area contributed by atoms with Gasteiger partial charge in [0.05, 0.1) is 0 Å². The number of hydrogen-bond acceptors (Lipinski definition) is 1. The Labute approximate surface area is 58.8 Å². The molecule has 0 radical (unpaired) electrons.